The summed E-state index contributed by atoms with van der Waals surface area (Å²) in [7, 11) is 1.64. The van der Waals surface area contributed by atoms with Crippen LogP contribution in [0.1, 0.15) is 15.9 Å². The molecule has 22 heavy (non-hydrogen) atoms. The maximum Gasteiger partial charge on any atom is 0.251 e. The third kappa shape index (κ3) is 2.98. The van der Waals surface area contributed by atoms with Crippen LogP contribution < -0.4 is 19.5 Å². The molecule has 5 nitrogen and oxygen atoms in total. The molecule has 0 atom stereocenters. The van der Waals surface area contributed by atoms with Gasteiger partial charge in [-0.25, -0.2) is 0 Å². The molecule has 1 aliphatic rings. The van der Waals surface area contributed by atoms with Gasteiger partial charge in [0.1, 0.15) is 5.75 Å². The molecule has 2 aromatic carbocycles. The van der Waals surface area contributed by atoms with Crippen LogP contribution in [0.25, 0.3) is 0 Å². The van der Waals surface area contributed by atoms with Crippen LogP contribution in [0.3, 0.4) is 0 Å². The van der Waals surface area contributed by atoms with E-state index in [4.69, 9.17) is 14.2 Å². The Labute approximate surface area is 128 Å². The molecule has 1 N–H and O–H groups in total. The largest absolute Gasteiger partial charge is 0.496 e. The van der Waals surface area contributed by atoms with E-state index in [0.29, 0.717) is 30.0 Å². The van der Waals surface area contributed by atoms with Gasteiger partial charge in [-0.15, -0.1) is 0 Å². The van der Waals surface area contributed by atoms with Gasteiger partial charge in [0.25, 0.3) is 5.91 Å². The van der Waals surface area contributed by atoms with Gasteiger partial charge in [0, 0.05) is 12.1 Å². The molecule has 5 heteroatoms. The summed E-state index contributed by atoms with van der Waals surface area (Å²) < 4.78 is 15.8. The lowest BCUT2D eigenvalue weighted by atomic mass is 10.1. The average Bonchev–Trinajstić information content (AvgIpc) is 3.02. The number of nitrogens with one attached hydrogen (secondary N) is 1. The van der Waals surface area contributed by atoms with Crippen molar-refractivity contribution in [3.05, 3.63) is 53.6 Å². The van der Waals surface area contributed by atoms with Gasteiger partial charge in [-0.1, -0.05) is 18.2 Å². The molecular weight excluding hydrogens is 282 g/mol. The van der Waals surface area contributed by atoms with Crippen LogP contribution in [-0.2, 0) is 6.42 Å². The van der Waals surface area contributed by atoms with Gasteiger partial charge >= 0.3 is 0 Å². The lowest BCUT2D eigenvalue weighted by Gasteiger charge is -2.09. The predicted octanol–water partition coefficient (Wildman–Crippen LogP) is 2.40. The summed E-state index contributed by atoms with van der Waals surface area (Å²) in [5.41, 5.74) is 1.63. The van der Waals surface area contributed by atoms with Gasteiger partial charge in [0.15, 0.2) is 11.5 Å². The molecular formula is C17H17NO4. The Balaban J connectivity index is 1.58. The Morgan fingerprint density at radius 3 is 2.86 bits per heavy atom. The molecule has 0 aromatic heterocycles. The second-order valence-electron chi connectivity index (χ2n) is 4.89. The van der Waals surface area contributed by atoms with E-state index in [1.165, 1.54) is 0 Å². The van der Waals surface area contributed by atoms with Crippen molar-refractivity contribution in [1.82, 2.24) is 5.32 Å². The molecule has 0 saturated carbocycles. The summed E-state index contributed by atoms with van der Waals surface area (Å²) >= 11 is 0. The monoisotopic (exact) mass is 299 g/mol. The number of carbonyl (C=O) groups is 1. The molecule has 0 spiro atoms. The number of methoxy groups -OCH3 is 1. The van der Waals surface area contributed by atoms with Gasteiger partial charge < -0.3 is 19.5 Å². The van der Waals surface area contributed by atoms with Gasteiger partial charge in [0.05, 0.1) is 7.11 Å². The van der Waals surface area contributed by atoms with Crippen molar-refractivity contribution in [1.29, 1.82) is 0 Å². The van der Waals surface area contributed by atoms with Gasteiger partial charge in [-0.05, 0) is 36.2 Å². The number of benzene rings is 2. The molecule has 0 aliphatic carbocycles. The first-order valence-electron chi connectivity index (χ1n) is 7.07. The quantitative estimate of drug-likeness (QED) is 0.921. The molecule has 2 aromatic rings. The van der Waals surface area contributed by atoms with Crippen molar-refractivity contribution in [3.8, 4) is 17.2 Å². The van der Waals surface area contributed by atoms with Gasteiger partial charge in [0.2, 0.25) is 6.79 Å². The second kappa shape index (κ2) is 6.39. The van der Waals surface area contributed by atoms with Crippen molar-refractivity contribution >= 4 is 5.91 Å². The summed E-state index contributed by atoms with van der Waals surface area (Å²) in [5, 5.41) is 2.90. The average molecular weight is 299 g/mol. The molecule has 0 saturated heterocycles. The van der Waals surface area contributed by atoms with Crippen molar-refractivity contribution in [2.75, 3.05) is 20.4 Å². The zero-order chi connectivity index (χ0) is 15.4. The van der Waals surface area contributed by atoms with E-state index in [9.17, 15) is 4.79 Å². The maximum absolute atomic E-state index is 12.2. The fourth-order valence-electron chi connectivity index (χ4n) is 2.36. The highest BCUT2D eigenvalue weighted by Crippen LogP contribution is 2.32. The first-order chi connectivity index (χ1) is 10.8. The highest BCUT2D eigenvalue weighted by molar-refractivity contribution is 5.94. The molecule has 0 radical (unpaired) electrons. The number of para-hydroxylation sites is 1. The second-order valence-corrected chi connectivity index (χ2v) is 4.89. The Hall–Kier alpha value is -2.69. The Morgan fingerprint density at radius 2 is 2.00 bits per heavy atom. The van der Waals surface area contributed by atoms with Crippen molar-refractivity contribution in [2.45, 2.75) is 6.42 Å². The Kier molecular flexibility index (Phi) is 4.14. The van der Waals surface area contributed by atoms with E-state index < -0.39 is 0 Å². The fraction of sp³-hybridized carbons (Fsp3) is 0.235. The summed E-state index contributed by atoms with van der Waals surface area (Å²) in [4.78, 5) is 12.2. The van der Waals surface area contributed by atoms with E-state index >= 15 is 0 Å². The normalized spacial score (nSPS) is 12.0. The summed E-state index contributed by atoms with van der Waals surface area (Å²) in [6, 6.07) is 13.0. The van der Waals surface area contributed by atoms with Crippen LogP contribution in [0.5, 0.6) is 17.2 Å². The molecule has 0 bridgehead atoms. The van der Waals surface area contributed by atoms with Crippen LogP contribution in [-0.4, -0.2) is 26.4 Å². The Bertz CT molecular complexity index is 684. The smallest absolute Gasteiger partial charge is 0.251 e. The van der Waals surface area contributed by atoms with Crippen molar-refractivity contribution in [2.24, 2.45) is 0 Å². The molecule has 1 heterocycles. The maximum atomic E-state index is 12.2. The van der Waals surface area contributed by atoms with E-state index in [-0.39, 0.29) is 12.7 Å². The number of hydrogen-bond donors (Lipinski definition) is 1. The van der Waals surface area contributed by atoms with Crippen LogP contribution in [0.4, 0.5) is 0 Å². The van der Waals surface area contributed by atoms with Gasteiger partial charge in [-0.2, -0.15) is 0 Å². The third-order valence-corrected chi connectivity index (χ3v) is 3.51. The fourth-order valence-corrected chi connectivity index (χ4v) is 2.36. The van der Waals surface area contributed by atoms with Crippen LogP contribution in [0.15, 0.2) is 42.5 Å². The van der Waals surface area contributed by atoms with Crippen molar-refractivity contribution < 1.29 is 19.0 Å². The Morgan fingerprint density at radius 1 is 1.18 bits per heavy atom. The molecule has 0 fully saturated rings. The summed E-state index contributed by atoms with van der Waals surface area (Å²) in [6.45, 7) is 0.738. The van der Waals surface area contributed by atoms with E-state index in [0.717, 1.165) is 11.3 Å². The molecule has 0 unspecified atom stereocenters. The lowest BCUT2D eigenvalue weighted by Crippen LogP contribution is -2.25. The lowest BCUT2D eigenvalue weighted by molar-refractivity contribution is 0.0953. The number of amides is 1. The molecule has 1 amide bonds. The standard InChI is InChI=1S/C17H17NO4/c1-20-14-5-3-2-4-12(14)8-9-18-17(19)13-6-7-15-16(10-13)22-11-21-15/h2-7,10H,8-9,11H2,1H3,(H,18,19). The predicted molar refractivity (Wildman–Crippen MR) is 81.6 cm³/mol. The molecule has 114 valence electrons. The topological polar surface area (TPSA) is 56.8 Å². The molecule has 1 aliphatic heterocycles. The minimum atomic E-state index is -0.131. The summed E-state index contributed by atoms with van der Waals surface area (Å²) in [5.74, 6) is 1.98. The van der Waals surface area contributed by atoms with Crippen LogP contribution >= 0.6 is 0 Å². The van der Waals surface area contributed by atoms with E-state index in [1.807, 2.05) is 24.3 Å². The first kappa shape index (κ1) is 14.3. The van der Waals surface area contributed by atoms with Gasteiger partial charge in [-0.3, -0.25) is 4.79 Å². The minimum Gasteiger partial charge on any atom is -0.496 e. The van der Waals surface area contributed by atoms with Crippen LogP contribution in [0.2, 0.25) is 0 Å². The van der Waals surface area contributed by atoms with E-state index in [2.05, 4.69) is 5.32 Å². The van der Waals surface area contributed by atoms with E-state index in [1.54, 1.807) is 25.3 Å². The highest BCUT2D eigenvalue weighted by Gasteiger charge is 2.16. The summed E-state index contributed by atoms with van der Waals surface area (Å²) in [6.07, 6.45) is 0.709. The van der Waals surface area contributed by atoms with Crippen molar-refractivity contribution in [3.63, 3.8) is 0 Å². The molecule has 3 rings (SSSR count). The minimum absolute atomic E-state index is 0.131. The van der Waals surface area contributed by atoms with Crippen LogP contribution in [0, 0.1) is 0 Å². The number of ether oxygens (including phenoxy) is 3. The highest BCUT2D eigenvalue weighted by atomic mass is 16.7. The number of hydrogen-bond acceptors (Lipinski definition) is 4. The zero-order valence-electron chi connectivity index (χ0n) is 12.3. The zero-order valence-corrected chi connectivity index (χ0v) is 12.3. The number of rotatable bonds is 5. The third-order valence-electron chi connectivity index (χ3n) is 3.51. The number of fused-ring (bicyclic) bond motifs is 1. The SMILES string of the molecule is COc1ccccc1CCNC(=O)c1ccc2c(c1)OCO2. The number of carbonyl (C=O) groups excluding carboxylic acids is 1. The first-order valence-corrected chi connectivity index (χ1v) is 7.07.